The predicted octanol–water partition coefficient (Wildman–Crippen LogP) is 2.54. The highest BCUT2D eigenvalue weighted by molar-refractivity contribution is 6.34. The van der Waals surface area contributed by atoms with E-state index >= 15 is 0 Å². The molecule has 0 radical (unpaired) electrons. The normalized spacial score (nSPS) is 14.2. The van der Waals surface area contributed by atoms with Crippen LogP contribution in [-0.2, 0) is 4.79 Å². The molecule has 0 saturated heterocycles. The van der Waals surface area contributed by atoms with Crippen LogP contribution in [0.25, 0.3) is 0 Å². The molecule has 0 bridgehead atoms. The van der Waals surface area contributed by atoms with Crippen LogP contribution in [-0.4, -0.2) is 18.8 Å². The maximum atomic E-state index is 11.5. The summed E-state index contributed by atoms with van der Waals surface area (Å²) in [5.74, 6) is -1.13. The van der Waals surface area contributed by atoms with E-state index in [1.165, 1.54) is 12.1 Å². The summed E-state index contributed by atoms with van der Waals surface area (Å²) in [7, 11) is 0. The minimum absolute atomic E-state index is 0.134. The summed E-state index contributed by atoms with van der Waals surface area (Å²) < 4.78 is 21.8. The molecule has 0 saturated carbocycles. The molecule has 70 valence electrons. The standard InChI is InChI=1S/C9H9Cl2NO/c1-12(9(13)6-10)8-5-3-2-4-7(8)11/h2-5H,6H2,1H3/i1D3. The zero-order valence-corrected chi connectivity index (χ0v) is 8.14. The molecule has 1 rings (SSSR count). The van der Waals surface area contributed by atoms with Crippen LogP contribution < -0.4 is 4.90 Å². The van der Waals surface area contributed by atoms with Gasteiger partial charge in [0.15, 0.2) is 0 Å². The lowest BCUT2D eigenvalue weighted by molar-refractivity contribution is -0.116. The van der Waals surface area contributed by atoms with Gasteiger partial charge in [-0.2, -0.15) is 0 Å². The highest BCUT2D eigenvalue weighted by Crippen LogP contribution is 2.23. The molecule has 0 fully saturated rings. The van der Waals surface area contributed by atoms with Crippen LogP contribution in [0, 0.1) is 0 Å². The van der Waals surface area contributed by atoms with Gasteiger partial charge in [-0.15, -0.1) is 11.6 Å². The first-order valence-electron chi connectivity index (χ1n) is 5.01. The average molecular weight is 221 g/mol. The van der Waals surface area contributed by atoms with Gasteiger partial charge < -0.3 is 4.90 Å². The maximum absolute atomic E-state index is 11.5. The van der Waals surface area contributed by atoms with Gasteiger partial charge in [-0.05, 0) is 12.1 Å². The van der Waals surface area contributed by atoms with Crippen molar-refractivity contribution in [3.63, 3.8) is 0 Å². The van der Waals surface area contributed by atoms with Crippen molar-refractivity contribution in [2.75, 3.05) is 17.8 Å². The summed E-state index contributed by atoms with van der Waals surface area (Å²) in [6, 6.07) is 6.21. The lowest BCUT2D eigenvalue weighted by Gasteiger charge is -2.16. The Balaban J connectivity index is 3.23. The number of halogens is 2. The fraction of sp³-hybridized carbons (Fsp3) is 0.222. The second-order valence-electron chi connectivity index (χ2n) is 2.31. The van der Waals surface area contributed by atoms with Gasteiger partial charge >= 0.3 is 0 Å². The lowest BCUT2D eigenvalue weighted by Crippen LogP contribution is -2.27. The molecular weight excluding hydrogens is 209 g/mol. The van der Waals surface area contributed by atoms with Crippen LogP contribution in [0.4, 0.5) is 5.69 Å². The van der Waals surface area contributed by atoms with Gasteiger partial charge in [-0.3, -0.25) is 4.79 Å². The van der Waals surface area contributed by atoms with E-state index in [0.717, 1.165) is 0 Å². The number of alkyl halides is 1. The second kappa shape index (κ2) is 4.49. The topological polar surface area (TPSA) is 20.3 Å². The van der Waals surface area contributed by atoms with Crippen LogP contribution in [0.15, 0.2) is 24.3 Å². The number of rotatable bonds is 2. The first-order chi connectivity index (χ1) is 7.38. The summed E-state index contributed by atoms with van der Waals surface area (Å²) in [4.78, 5) is 12.1. The van der Waals surface area contributed by atoms with Crippen molar-refractivity contribution in [1.82, 2.24) is 0 Å². The van der Waals surface area contributed by atoms with Crippen LogP contribution in [0.5, 0.6) is 0 Å². The number of nitrogens with zero attached hydrogens (tertiary/aromatic N) is 1. The third kappa shape index (κ3) is 2.36. The number of para-hydroxylation sites is 1. The number of carbonyl (C=O) groups excluding carboxylic acids is 1. The molecule has 0 spiro atoms. The SMILES string of the molecule is [2H]C([2H])([2H])N(C(=O)CCl)c1ccccc1Cl. The maximum Gasteiger partial charge on any atom is 0.241 e. The van der Waals surface area contributed by atoms with Gasteiger partial charge in [0, 0.05) is 11.1 Å². The molecule has 0 aromatic heterocycles. The average Bonchev–Trinajstić information content (AvgIpc) is 2.19. The van der Waals surface area contributed by atoms with E-state index in [1.54, 1.807) is 12.1 Å². The first-order valence-corrected chi connectivity index (χ1v) is 4.42. The highest BCUT2D eigenvalue weighted by Gasteiger charge is 2.11. The van der Waals surface area contributed by atoms with E-state index < -0.39 is 18.8 Å². The molecule has 0 aliphatic carbocycles. The summed E-state index contributed by atoms with van der Waals surface area (Å²) in [5.41, 5.74) is 0.134. The number of amides is 1. The van der Waals surface area contributed by atoms with E-state index in [-0.39, 0.29) is 10.7 Å². The molecular formula is C9H9Cl2NO. The Labute approximate surface area is 91.3 Å². The zero-order valence-electron chi connectivity index (χ0n) is 9.63. The lowest BCUT2D eigenvalue weighted by atomic mass is 10.3. The Bertz CT molecular complexity index is 395. The van der Waals surface area contributed by atoms with Crippen LogP contribution >= 0.6 is 23.2 Å². The van der Waals surface area contributed by atoms with E-state index in [1.807, 2.05) is 0 Å². The molecule has 1 amide bonds. The molecule has 2 nitrogen and oxygen atoms in total. The summed E-state index contributed by atoms with van der Waals surface area (Å²) in [6.45, 7) is -2.60. The van der Waals surface area contributed by atoms with Gasteiger partial charge in [0.1, 0.15) is 5.88 Å². The Morgan fingerprint density at radius 3 is 2.85 bits per heavy atom. The van der Waals surface area contributed by atoms with E-state index in [0.29, 0.717) is 4.90 Å². The van der Waals surface area contributed by atoms with Gasteiger partial charge in [-0.1, -0.05) is 23.7 Å². The molecule has 1 aromatic rings. The summed E-state index contributed by atoms with van der Waals surface area (Å²) in [5, 5.41) is 0.192. The molecule has 0 atom stereocenters. The van der Waals surface area contributed by atoms with Crippen molar-refractivity contribution in [3.05, 3.63) is 29.3 Å². The predicted molar refractivity (Wildman–Crippen MR) is 55.6 cm³/mol. The number of carbonyl (C=O) groups is 1. The summed E-state index contributed by atoms with van der Waals surface area (Å²) in [6.07, 6.45) is 0. The van der Waals surface area contributed by atoms with Crippen molar-refractivity contribution in [1.29, 1.82) is 0 Å². The second-order valence-corrected chi connectivity index (χ2v) is 2.99. The first kappa shape index (κ1) is 6.68. The Kier molecular flexibility index (Phi) is 2.31. The number of hydrogen-bond donors (Lipinski definition) is 0. The number of anilines is 1. The van der Waals surface area contributed by atoms with Crippen LogP contribution in [0.1, 0.15) is 4.11 Å². The quantitative estimate of drug-likeness (QED) is 0.702. The third-order valence-electron chi connectivity index (χ3n) is 1.46. The molecule has 0 unspecified atom stereocenters. The Morgan fingerprint density at radius 1 is 1.62 bits per heavy atom. The Morgan fingerprint density at radius 2 is 2.31 bits per heavy atom. The van der Waals surface area contributed by atoms with Crippen molar-refractivity contribution < 1.29 is 8.91 Å². The van der Waals surface area contributed by atoms with Crippen LogP contribution in [0.2, 0.25) is 5.02 Å². The minimum Gasteiger partial charge on any atom is -0.313 e. The van der Waals surface area contributed by atoms with Crippen molar-refractivity contribution in [3.8, 4) is 0 Å². The number of hydrogen-bond acceptors (Lipinski definition) is 1. The molecule has 4 heteroatoms. The largest absolute Gasteiger partial charge is 0.313 e. The molecule has 0 aliphatic heterocycles. The fourth-order valence-corrected chi connectivity index (χ4v) is 1.17. The molecule has 1 aromatic carbocycles. The van der Waals surface area contributed by atoms with Gasteiger partial charge in [0.05, 0.1) is 10.7 Å². The molecule has 0 heterocycles. The smallest absolute Gasteiger partial charge is 0.241 e. The van der Waals surface area contributed by atoms with Crippen LogP contribution in [0.3, 0.4) is 0 Å². The molecule has 13 heavy (non-hydrogen) atoms. The molecule has 0 N–H and O–H groups in total. The fourth-order valence-electron chi connectivity index (χ4n) is 0.827. The van der Waals surface area contributed by atoms with E-state index in [2.05, 4.69) is 0 Å². The highest BCUT2D eigenvalue weighted by atomic mass is 35.5. The Hall–Kier alpha value is -0.730. The van der Waals surface area contributed by atoms with Gasteiger partial charge in [0.2, 0.25) is 5.91 Å². The monoisotopic (exact) mass is 220 g/mol. The van der Waals surface area contributed by atoms with E-state index in [9.17, 15) is 4.79 Å². The zero-order chi connectivity index (χ0) is 12.3. The summed E-state index contributed by atoms with van der Waals surface area (Å²) >= 11 is 11.2. The van der Waals surface area contributed by atoms with E-state index in [4.69, 9.17) is 27.3 Å². The van der Waals surface area contributed by atoms with Crippen molar-refractivity contribution in [2.24, 2.45) is 0 Å². The minimum atomic E-state index is -2.60. The number of benzene rings is 1. The molecule has 0 aliphatic rings. The van der Waals surface area contributed by atoms with Gasteiger partial charge in [-0.25, -0.2) is 0 Å². The van der Waals surface area contributed by atoms with Gasteiger partial charge in [0.25, 0.3) is 0 Å². The van der Waals surface area contributed by atoms with Crippen molar-refractivity contribution in [2.45, 2.75) is 0 Å². The third-order valence-corrected chi connectivity index (χ3v) is 2.01. The van der Waals surface area contributed by atoms with Crippen molar-refractivity contribution >= 4 is 34.8 Å².